The third-order valence-corrected chi connectivity index (χ3v) is 2.25. The first-order chi connectivity index (χ1) is 7.35. The quantitative estimate of drug-likeness (QED) is 0.422. The predicted molar refractivity (Wildman–Crippen MR) is 64.2 cm³/mol. The first kappa shape index (κ1) is 14.6. The smallest absolute Gasteiger partial charge is 0.0700 e. The molecule has 0 saturated carbocycles. The summed E-state index contributed by atoms with van der Waals surface area (Å²) in [5.74, 6) is 0. The largest absolute Gasteiger partial charge is 0.382 e. The van der Waals surface area contributed by atoms with Gasteiger partial charge in [-0.1, -0.05) is 13.0 Å². The molecule has 0 bridgehead atoms. The Morgan fingerprint density at radius 2 is 2.07 bits per heavy atom. The van der Waals surface area contributed by atoms with Crippen LogP contribution in [0.2, 0.25) is 0 Å². The van der Waals surface area contributed by atoms with Gasteiger partial charge in [-0.2, -0.15) is 0 Å². The van der Waals surface area contributed by atoms with Crippen LogP contribution in [0.25, 0.3) is 0 Å². The maximum atomic E-state index is 5.44. The summed E-state index contributed by atoms with van der Waals surface area (Å²) in [6.07, 6.45) is 5.24. The fourth-order valence-corrected chi connectivity index (χ4v) is 1.43. The molecular formula is C12H25NO2. The van der Waals surface area contributed by atoms with Crippen LogP contribution in [0.4, 0.5) is 0 Å². The highest BCUT2D eigenvalue weighted by Gasteiger charge is 2.05. The third kappa shape index (κ3) is 9.91. The van der Waals surface area contributed by atoms with Crippen LogP contribution < -0.4 is 5.32 Å². The zero-order chi connectivity index (χ0) is 11.4. The lowest BCUT2D eigenvalue weighted by Crippen LogP contribution is -2.30. The molecule has 0 amide bonds. The van der Waals surface area contributed by atoms with Crippen molar-refractivity contribution in [2.45, 2.75) is 32.2 Å². The van der Waals surface area contributed by atoms with E-state index >= 15 is 0 Å². The molecule has 15 heavy (non-hydrogen) atoms. The summed E-state index contributed by atoms with van der Waals surface area (Å²) in [6, 6.07) is 0.551. The predicted octanol–water partition coefficient (Wildman–Crippen LogP) is 1.98. The molecule has 0 spiro atoms. The van der Waals surface area contributed by atoms with Gasteiger partial charge in [0.15, 0.2) is 0 Å². The van der Waals surface area contributed by atoms with E-state index in [-0.39, 0.29) is 0 Å². The lowest BCUT2D eigenvalue weighted by atomic mass is 10.1. The summed E-state index contributed by atoms with van der Waals surface area (Å²) in [4.78, 5) is 0. The number of hydrogen-bond acceptors (Lipinski definition) is 3. The molecule has 90 valence electrons. The number of allylic oxidation sites excluding steroid dienone is 1. The number of nitrogens with one attached hydrogen (secondary N) is 1. The van der Waals surface area contributed by atoms with E-state index in [1.165, 1.54) is 0 Å². The highest BCUT2D eigenvalue weighted by atomic mass is 16.5. The topological polar surface area (TPSA) is 30.5 Å². The number of hydrogen-bond donors (Lipinski definition) is 1. The normalized spacial score (nSPS) is 12.7. The van der Waals surface area contributed by atoms with Crippen LogP contribution in [0, 0.1) is 0 Å². The van der Waals surface area contributed by atoms with Gasteiger partial charge in [0.2, 0.25) is 0 Å². The fraction of sp³-hybridized carbons (Fsp3) is 0.833. The lowest BCUT2D eigenvalue weighted by Gasteiger charge is -2.16. The van der Waals surface area contributed by atoms with Gasteiger partial charge in [0.1, 0.15) is 0 Å². The van der Waals surface area contributed by atoms with Crippen molar-refractivity contribution in [1.82, 2.24) is 5.32 Å². The molecule has 1 atom stereocenters. The van der Waals surface area contributed by atoms with E-state index in [0.29, 0.717) is 19.3 Å². The second-order valence-corrected chi connectivity index (χ2v) is 3.51. The summed E-state index contributed by atoms with van der Waals surface area (Å²) >= 11 is 0. The zero-order valence-corrected chi connectivity index (χ0v) is 10.1. The van der Waals surface area contributed by atoms with E-state index in [1.54, 1.807) is 7.11 Å². The second kappa shape index (κ2) is 11.7. The van der Waals surface area contributed by atoms with Crippen molar-refractivity contribution in [2.75, 3.05) is 33.5 Å². The standard InChI is InChI=1S/C12H25NO2/c1-4-6-7-12(13-5-2)8-9-15-11-10-14-3/h4,12-13H,1,5-11H2,2-3H3. The Balaban J connectivity index is 3.42. The molecule has 0 heterocycles. The third-order valence-electron chi connectivity index (χ3n) is 2.25. The van der Waals surface area contributed by atoms with Gasteiger partial charge in [0.25, 0.3) is 0 Å². The van der Waals surface area contributed by atoms with Crippen LogP contribution in [0.5, 0.6) is 0 Å². The van der Waals surface area contributed by atoms with E-state index in [0.717, 1.165) is 32.4 Å². The van der Waals surface area contributed by atoms with Crippen molar-refractivity contribution in [1.29, 1.82) is 0 Å². The van der Waals surface area contributed by atoms with Crippen molar-refractivity contribution in [2.24, 2.45) is 0 Å². The van der Waals surface area contributed by atoms with Crippen LogP contribution in [-0.2, 0) is 9.47 Å². The Morgan fingerprint density at radius 3 is 2.67 bits per heavy atom. The van der Waals surface area contributed by atoms with E-state index in [9.17, 15) is 0 Å². The monoisotopic (exact) mass is 215 g/mol. The van der Waals surface area contributed by atoms with E-state index in [1.807, 2.05) is 6.08 Å². The van der Waals surface area contributed by atoms with Gasteiger partial charge in [-0.05, 0) is 25.8 Å². The zero-order valence-electron chi connectivity index (χ0n) is 10.1. The average molecular weight is 215 g/mol. The SMILES string of the molecule is C=CCCC(CCOCCOC)NCC. The Bertz CT molecular complexity index is 140. The van der Waals surface area contributed by atoms with E-state index < -0.39 is 0 Å². The van der Waals surface area contributed by atoms with E-state index in [4.69, 9.17) is 9.47 Å². The summed E-state index contributed by atoms with van der Waals surface area (Å²) in [5.41, 5.74) is 0. The van der Waals surface area contributed by atoms with Gasteiger partial charge in [-0.25, -0.2) is 0 Å². The van der Waals surface area contributed by atoms with Gasteiger partial charge >= 0.3 is 0 Å². The van der Waals surface area contributed by atoms with Gasteiger partial charge in [0.05, 0.1) is 13.2 Å². The van der Waals surface area contributed by atoms with Crippen LogP contribution in [-0.4, -0.2) is 39.5 Å². The summed E-state index contributed by atoms with van der Waals surface area (Å²) in [6.45, 7) is 9.06. The van der Waals surface area contributed by atoms with E-state index in [2.05, 4.69) is 18.8 Å². The highest BCUT2D eigenvalue weighted by molar-refractivity contribution is 4.73. The van der Waals surface area contributed by atoms with Crippen molar-refractivity contribution < 1.29 is 9.47 Å². The van der Waals surface area contributed by atoms with Crippen LogP contribution in [0.1, 0.15) is 26.2 Å². The van der Waals surface area contributed by atoms with Gasteiger partial charge < -0.3 is 14.8 Å². The first-order valence-corrected chi connectivity index (χ1v) is 5.76. The first-order valence-electron chi connectivity index (χ1n) is 5.76. The molecule has 3 heteroatoms. The van der Waals surface area contributed by atoms with Gasteiger partial charge in [-0.3, -0.25) is 0 Å². The van der Waals surface area contributed by atoms with Crippen molar-refractivity contribution in [3.63, 3.8) is 0 Å². The molecular weight excluding hydrogens is 190 g/mol. The minimum absolute atomic E-state index is 0.551. The minimum atomic E-state index is 0.551. The Kier molecular flexibility index (Phi) is 11.4. The Labute approximate surface area is 93.8 Å². The summed E-state index contributed by atoms with van der Waals surface area (Å²) in [7, 11) is 1.69. The molecule has 1 unspecified atom stereocenters. The maximum absolute atomic E-state index is 5.44. The van der Waals surface area contributed by atoms with Crippen molar-refractivity contribution in [3.05, 3.63) is 12.7 Å². The maximum Gasteiger partial charge on any atom is 0.0700 e. The van der Waals surface area contributed by atoms with Crippen LogP contribution >= 0.6 is 0 Å². The average Bonchev–Trinajstić information content (AvgIpc) is 2.25. The molecule has 0 radical (unpaired) electrons. The van der Waals surface area contributed by atoms with Crippen LogP contribution in [0.3, 0.4) is 0 Å². The summed E-state index contributed by atoms with van der Waals surface area (Å²) in [5, 5.41) is 3.45. The van der Waals surface area contributed by atoms with Crippen LogP contribution in [0.15, 0.2) is 12.7 Å². The summed E-state index contributed by atoms with van der Waals surface area (Å²) < 4.78 is 10.3. The Morgan fingerprint density at radius 1 is 1.27 bits per heavy atom. The fourth-order valence-electron chi connectivity index (χ4n) is 1.43. The molecule has 3 nitrogen and oxygen atoms in total. The Hall–Kier alpha value is -0.380. The van der Waals surface area contributed by atoms with Crippen molar-refractivity contribution in [3.8, 4) is 0 Å². The molecule has 0 aliphatic rings. The minimum Gasteiger partial charge on any atom is -0.382 e. The van der Waals surface area contributed by atoms with Gasteiger partial charge in [-0.15, -0.1) is 6.58 Å². The molecule has 0 aromatic rings. The molecule has 0 saturated heterocycles. The molecule has 0 aliphatic heterocycles. The number of rotatable bonds is 11. The molecule has 0 aliphatic carbocycles. The van der Waals surface area contributed by atoms with Crippen molar-refractivity contribution >= 4 is 0 Å². The second-order valence-electron chi connectivity index (χ2n) is 3.51. The molecule has 1 N–H and O–H groups in total. The molecule has 0 rings (SSSR count). The molecule has 0 fully saturated rings. The lowest BCUT2D eigenvalue weighted by molar-refractivity contribution is 0.0655. The molecule has 0 aromatic heterocycles. The highest BCUT2D eigenvalue weighted by Crippen LogP contribution is 2.02. The number of methoxy groups -OCH3 is 1. The number of ether oxygens (including phenoxy) is 2. The molecule has 0 aromatic carbocycles. The van der Waals surface area contributed by atoms with Gasteiger partial charge in [0, 0.05) is 19.8 Å².